The number of nitrogens with one attached hydrogen (secondary N) is 2. The molecule has 1 aromatic heterocycles. The molecule has 190 valence electrons. The van der Waals surface area contributed by atoms with Crippen molar-refractivity contribution in [3.8, 4) is 5.75 Å². The molecule has 3 N–H and O–H groups in total. The van der Waals surface area contributed by atoms with Crippen LogP contribution in [0, 0.1) is 29.1 Å². The maximum Gasteiger partial charge on any atom is 0.251 e. The maximum atomic E-state index is 12.9. The molecule has 0 unspecified atom stereocenters. The van der Waals surface area contributed by atoms with Crippen molar-refractivity contribution in [3.63, 3.8) is 0 Å². The van der Waals surface area contributed by atoms with Gasteiger partial charge in [-0.3, -0.25) is 9.59 Å². The lowest BCUT2D eigenvalue weighted by atomic mass is 9.51. The first-order valence-corrected chi connectivity index (χ1v) is 12.7. The molecule has 1 aromatic carbocycles. The second-order valence-corrected chi connectivity index (χ2v) is 10.7. The van der Waals surface area contributed by atoms with E-state index in [1.807, 2.05) is 13.0 Å². The Labute approximate surface area is 207 Å². The minimum absolute atomic E-state index is 0.00103. The molecule has 2 aliphatic rings. The van der Waals surface area contributed by atoms with Crippen LogP contribution in [0.3, 0.4) is 0 Å². The van der Waals surface area contributed by atoms with Crippen molar-refractivity contribution in [1.82, 2.24) is 10.6 Å². The van der Waals surface area contributed by atoms with Crippen LogP contribution in [0.15, 0.2) is 47.1 Å². The van der Waals surface area contributed by atoms with E-state index in [4.69, 9.17) is 9.15 Å². The quantitative estimate of drug-likeness (QED) is 0.550. The van der Waals surface area contributed by atoms with Crippen LogP contribution in [-0.2, 0) is 11.3 Å². The van der Waals surface area contributed by atoms with Crippen molar-refractivity contribution in [1.29, 1.82) is 0 Å². The molecule has 7 heteroatoms. The smallest absolute Gasteiger partial charge is 0.251 e. The number of methoxy groups -OCH3 is 1. The van der Waals surface area contributed by atoms with E-state index in [1.165, 1.54) is 0 Å². The van der Waals surface area contributed by atoms with E-state index in [9.17, 15) is 14.7 Å². The normalized spacial score (nSPS) is 31.2. The molecule has 0 aliphatic heterocycles. The Morgan fingerprint density at radius 2 is 1.91 bits per heavy atom. The molecule has 2 fully saturated rings. The molecule has 7 nitrogen and oxygen atoms in total. The first-order chi connectivity index (χ1) is 16.7. The number of hydrogen-bond acceptors (Lipinski definition) is 5. The van der Waals surface area contributed by atoms with Gasteiger partial charge < -0.3 is 24.9 Å². The van der Waals surface area contributed by atoms with Crippen molar-refractivity contribution in [2.45, 2.75) is 65.1 Å². The SMILES string of the molecule is COc1ccc(C(=O)N[C@H]2CC[C@]3(C)CC[C@H]([C@H](C)C(=O)NCc4ccco4)[C@H](O)[C@H]3[C@@H]2C)cc1. The Morgan fingerprint density at radius 1 is 1.20 bits per heavy atom. The van der Waals surface area contributed by atoms with Gasteiger partial charge in [0.05, 0.1) is 26.0 Å². The van der Waals surface area contributed by atoms with E-state index in [1.54, 1.807) is 43.7 Å². The van der Waals surface area contributed by atoms with Crippen molar-refractivity contribution in [2.24, 2.45) is 29.1 Å². The lowest BCUT2D eigenvalue weighted by Crippen LogP contribution is -2.58. The molecule has 2 amide bonds. The van der Waals surface area contributed by atoms with Crippen molar-refractivity contribution >= 4 is 11.8 Å². The second kappa shape index (κ2) is 10.4. The van der Waals surface area contributed by atoms with E-state index < -0.39 is 6.10 Å². The topological polar surface area (TPSA) is 101 Å². The van der Waals surface area contributed by atoms with Crippen LogP contribution in [0.1, 0.15) is 62.6 Å². The summed E-state index contributed by atoms with van der Waals surface area (Å²) in [6.45, 7) is 6.64. The van der Waals surface area contributed by atoms with Gasteiger partial charge in [0.1, 0.15) is 11.5 Å². The van der Waals surface area contributed by atoms with E-state index in [-0.39, 0.29) is 46.9 Å². The fourth-order valence-corrected chi connectivity index (χ4v) is 6.43. The fraction of sp³-hybridized carbons (Fsp3) is 0.571. The summed E-state index contributed by atoms with van der Waals surface area (Å²) in [7, 11) is 1.60. The fourth-order valence-electron chi connectivity index (χ4n) is 6.43. The molecule has 0 spiro atoms. The van der Waals surface area contributed by atoms with Crippen LogP contribution < -0.4 is 15.4 Å². The summed E-state index contributed by atoms with van der Waals surface area (Å²) < 4.78 is 10.5. The molecular weight excluding hydrogens is 444 g/mol. The number of aliphatic hydroxyl groups excluding tert-OH is 1. The summed E-state index contributed by atoms with van der Waals surface area (Å²) in [6.07, 6.45) is 4.60. The third kappa shape index (κ3) is 5.25. The Balaban J connectivity index is 1.42. The number of benzene rings is 1. The highest BCUT2D eigenvalue weighted by Crippen LogP contribution is 2.55. The molecule has 0 bridgehead atoms. The molecule has 0 saturated heterocycles. The van der Waals surface area contributed by atoms with Gasteiger partial charge in [-0.2, -0.15) is 0 Å². The van der Waals surface area contributed by atoms with Crippen molar-refractivity contribution < 1.29 is 23.8 Å². The molecular formula is C28H38N2O5. The largest absolute Gasteiger partial charge is 0.497 e. The summed E-state index contributed by atoms with van der Waals surface area (Å²) in [5.41, 5.74) is 0.594. The van der Waals surface area contributed by atoms with Gasteiger partial charge in [-0.25, -0.2) is 0 Å². The Morgan fingerprint density at radius 3 is 2.57 bits per heavy atom. The third-order valence-electron chi connectivity index (χ3n) is 8.63. The number of aliphatic hydroxyl groups is 1. The number of fused-ring (bicyclic) bond motifs is 1. The first kappa shape index (κ1) is 25.3. The molecule has 1 heterocycles. The maximum absolute atomic E-state index is 12.9. The summed E-state index contributed by atoms with van der Waals surface area (Å²) in [5.74, 6) is 0.904. The predicted octanol–water partition coefficient (Wildman–Crippen LogP) is 4.16. The number of amides is 2. The monoisotopic (exact) mass is 482 g/mol. The third-order valence-corrected chi connectivity index (χ3v) is 8.63. The molecule has 0 radical (unpaired) electrons. The zero-order valence-corrected chi connectivity index (χ0v) is 21.1. The van der Waals surface area contributed by atoms with Crippen LogP contribution in [0.5, 0.6) is 5.75 Å². The molecule has 2 aliphatic carbocycles. The van der Waals surface area contributed by atoms with Gasteiger partial charge in [0, 0.05) is 17.5 Å². The minimum Gasteiger partial charge on any atom is -0.497 e. The number of carbonyl (C=O) groups excluding carboxylic acids is 2. The highest BCUT2D eigenvalue weighted by Gasteiger charge is 2.53. The average Bonchev–Trinajstić information content (AvgIpc) is 3.38. The summed E-state index contributed by atoms with van der Waals surface area (Å²) >= 11 is 0. The standard InChI is InChI=1S/C28H38N2O5/c1-17(26(32)29-16-21-6-5-15-35-21)22-11-13-28(3)14-12-23(18(2)24(28)25(22)31)30-27(33)19-7-9-20(34-4)10-8-19/h5-10,15,17-18,22-25,31H,11-14,16H2,1-4H3,(H,29,32)(H,30,33)/t17-,18+,22+,23-,24+,25-,28-/m0/s1. The zero-order chi connectivity index (χ0) is 25.2. The molecule has 2 saturated carbocycles. The highest BCUT2D eigenvalue weighted by molar-refractivity contribution is 5.94. The minimum atomic E-state index is -0.603. The summed E-state index contributed by atoms with van der Waals surface area (Å²) in [4.78, 5) is 25.8. The number of carbonyl (C=O) groups is 2. The van der Waals surface area contributed by atoms with Crippen LogP contribution in [0.4, 0.5) is 0 Å². The molecule has 7 atom stereocenters. The lowest BCUT2D eigenvalue weighted by Gasteiger charge is -2.56. The van der Waals surface area contributed by atoms with E-state index in [2.05, 4.69) is 24.5 Å². The van der Waals surface area contributed by atoms with E-state index >= 15 is 0 Å². The van der Waals surface area contributed by atoms with Crippen LogP contribution in [-0.4, -0.2) is 36.2 Å². The van der Waals surface area contributed by atoms with Crippen LogP contribution >= 0.6 is 0 Å². The first-order valence-electron chi connectivity index (χ1n) is 12.7. The summed E-state index contributed by atoms with van der Waals surface area (Å²) in [5, 5.41) is 17.7. The van der Waals surface area contributed by atoms with Gasteiger partial charge in [-0.1, -0.05) is 20.8 Å². The lowest BCUT2D eigenvalue weighted by molar-refractivity contribution is -0.142. The molecule has 2 aromatic rings. The zero-order valence-electron chi connectivity index (χ0n) is 21.1. The average molecular weight is 483 g/mol. The van der Waals surface area contributed by atoms with Gasteiger partial charge in [0.25, 0.3) is 5.91 Å². The second-order valence-electron chi connectivity index (χ2n) is 10.7. The molecule has 35 heavy (non-hydrogen) atoms. The Bertz CT molecular complexity index is 1000. The Kier molecular flexibility index (Phi) is 7.55. The van der Waals surface area contributed by atoms with E-state index in [0.717, 1.165) is 25.7 Å². The van der Waals surface area contributed by atoms with Crippen molar-refractivity contribution in [3.05, 3.63) is 54.0 Å². The van der Waals surface area contributed by atoms with Crippen LogP contribution in [0.25, 0.3) is 0 Å². The van der Waals surface area contributed by atoms with Gasteiger partial charge in [0.15, 0.2) is 0 Å². The van der Waals surface area contributed by atoms with Crippen LogP contribution in [0.2, 0.25) is 0 Å². The van der Waals surface area contributed by atoms with Gasteiger partial charge in [-0.15, -0.1) is 0 Å². The summed E-state index contributed by atoms with van der Waals surface area (Å²) in [6, 6.07) is 10.7. The Hall–Kier alpha value is -2.80. The number of ether oxygens (including phenoxy) is 1. The van der Waals surface area contributed by atoms with E-state index in [0.29, 0.717) is 23.6 Å². The highest BCUT2D eigenvalue weighted by atomic mass is 16.5. The van der Waals surface area contributed by atoms with Gasteiger partial charge in [0.2, 0.25) is 5.91 Å². The van der Waals surface area contributed by atoms with Crippen molar-refractivity contribution in [2.75, 3.05) is 7.11 Å². The van der Waals surface area contributed by atoms with Gasteiger partial charge in [-0.05, 0) is 85.3 Å². The number of furan rings is 1. The van der Waals surface area contributed by atoms with Gasteiger partial charge >= 0.3 is 0 Å². The predicted molar refractivity (Wildman–Crippen MR) is 133 cm³/mol. The number of rotatable bonds is 7. The number of hydrogen-bond donors (Lipinski definition) is 3. The molecule has 4 rings (SSSR count).